The largest absolute Gasteiger partial charge is 0.433 e. The van der Waals surface area contributed by atoms with Crippen molar-refractivity contribution >= 4 is 16.6 Å². The molecule has 0 saturated carbocycles. The van der Waals surface area contributed by atoms with Crippen molar-refractivity contribution in [2.24, 2.45) is 0 Å². The summed E-state index contributed by atoms with van der Waals surface area (Å²) >= 11 is 0. The van der Waals surface area contributed by atoms with Crippen LogP contribution in [0.3, 0.4) is 0 Å². The molecule has 3 aromatic rings. The Labute approximate surface area is 221 Å². The first-order valence-electron chi connectivity index (χ1n) is 12.9. The number of hydrogen-bond acceptors (Lipinski definition) is 6. The number of halogens is 6. The number of hydrogen-bond donors (Lipinski definition) is 2. The predicted molar refractivity (Wildman–Crippen MR) is 134 cm³/mol. The van der Waals surface area contributed by atoms with Crippen LogP contribution in [0.5, 0.6) is 5.75 Å². The van der Waals surface area contributed by atoms with Gasteiger partial charge >= 0.3 is 12.8 Å². The number of nitrogens with zero attached hydrogens (tertiary/aromatic N) is 4. The molecule has 5 rings (SSSR count). The average Bonchev–Trinajstić information content (AvgIpc) is 3.52. The predicted octanol–water partition coefficient (Wildman–Crippen LogP) is 5.30. The van der Waals surface area contributed by atoms with E-state index in [1.165, 1.54) is 17.2 Å². The average molecular weight is 557 g/mol. The quantitative estimate of drug-likeness (QED) is 0.349. The summed E-state index contributed by atoms with van der Waals surface area (Å²) in [5.74, 6) is -0.285. The summed E-state index contributed by atoms with van der Waals surface area (Å²) in [5, 5.41) is 11.0. The fraction of sp³-hybridized carbons (Fsp3) is 0.538. The number of aromatic amines is 1. The number of pyridine rings is 1. The van der Waals surface area contributed by atoms with Crippen LogP contribution in [0.25, 0.3) is 10.9 Å². The Balaban J connectivity index is 1.52. The van der Waals surface area contributed by atoms with Crippen LogP contribution in [0.2, 0.25) is 0 Å². The normalized spacial score (nSPS) is 22.5. The molecule has 2 aliphatic rings. The van der Waals surface area contributed by atoms with Crippen LogP contribution < -0.4 is 10.1 Å². The van der Waals surface area contributed by atoms with Crippen LogP contribution in [-0.2, 0) is 6.42 Å². The maximum Gasteiger partial charge on any atom is 0.401 e. The molecule has 3 atom stereocenters. The van der Waals surface area contributed by atoms with Crippen molar-refractivity contribution < 1.29 is 31.1 Å². The highest BCUT2D eigenvalue weighted by atomic mass is 19.4. The first-order valence-corrected chi connectivity index (χ1v) is 12.9. The number of alkyl halides is 6. The monoisotopic (exact) mass is 556 g/mol. The third kappa shape index (κ3) is 6.08. The van der Waals surface area contributed by atoms with Crippen LogP contribution in [0.1, 0.15) is 42.6 Å². The highest BCUT2D eigenvalue weighted by Gasteiger charge is 2.43. The molecular formula is C26H30F6N6O. The lowest BCUT2D eigenvalue weighted by atomic mass is 9.84. The summed E-state index contributed by atoms with van der Waals surface area (Å²) in [5.41, 5.74) is 2.47. The minimum absolute atomic E-state index is 0.0109. The van der Waals surface area contributed by atoms with Gasteiger partial charge in [-0.2, -0.15) is 27.1 Å². The second kappa shape index (κ2) is 11.2. The van der Waals surface area contributed by atoms with E-state index in [4.69, 9.17) is 4.74 Å². The summed E-state index contributed by atoms with van der Waals surface area (Å²) in [4.78, 5) is 7.78. The zero-order valence-corrected chi connectivity index (χ0v) is 21.3. The molecule has 7 nitrogen and oxygen atoms in total. The van der Waals surface area contributed by atoms with E-state index in [1.807, 2.05) is 0 Å². The van der Waals surface area contributed by atoms with Crippen molar-refractivity contribution in [2.75, 3.05) is 38.2 Å². The number of nitrogens with one attached hydrogen (secondary N) is 2. The van der Waals surface area contributed by atoms with Crippen molar-refractivity contribution in [1.29, 1.82) is 0 Å². The van der Waals surface area contributed by atoms with Gasteiger partial charge in [0.05, 0.1) is 42.9 Å². The van der Waals surface area contributed by atoms with Crippen LogP contribution in [-0.4, -0.2) is 82.7 Å². The molecule has 2 N–H and O–H groups in total. The summed E-state index contributed by atoms with van der Waals surface area (Å²) in [6.07, 6.45) is 0.0736. The molecule has 2 aliphatic heterocycles. The number of likely N-dealkylation sites (tertiary alicyclic amines) is 1. The van der Waals surface area contributed by atoms with Gasteiger partial charge in [-0.25, -0.2) is 0 Å². The molecule has 0 spiro atoms. The second-order valence-electron chi connectivity index (χ2n) is 10.2. The first-order chi connectivity index (χ1) is 18.6. The van der Waals surface area contributed by atoms with E-state index in [9.17, 15) is 26.3 Å². The molecular weight excluding hydrogens is 526 g/mol. The fourth-order valence-electron chi connectivity index (χ4n) is 5.78. The van der Waals surface area contributed by atoms with Crippen molar-refractivity contribution in [3.8, 4) is 5.75 Å². The molecule has 0 aliphatic carbocycles. The van der Waals surface area contributed by atoms with E-state index >= 15 is 0 Å². The Kier molecular flexibility index (Phi) is 7.90. The highest BCUT2D eigenvalue weighted by Crippen LogP contribution is 2.44. The molecule has 1 aromatic carbocycles. The molecule has 2 aromatic heterocycles. The van der Waals surface area contributed by atoms with Crippen LogP contribution in [0.15, 0.2) is 30.6 Å². The molecule has 1 saturated heterocycles. The highest BCUT2D eigenvalue weighted by molar-refractivity contribution is 5.83. The van der Waals surface area contributed by atoms with Crippen molar-refractivity contribution in [1.82, 2.24) is 25.0 Å². The number of rotatable bonds is 9. The van der Waals surface area contributed by atoms with Gasteiger partial charge in [-0.1, -0.05) is 6.07 Å². The van der Waals surface area contributed by atoms with Crippen molar-refractivity contribution in [3.63, 3.8) is 0 Å². The summed E-state index contributed by atoms with van der Waals surface area (Å²) in [7, 11) is 0. The Morgan fingerprint density at radius 1 is 1.23 bits per heavy atom. The van der Waals surface area contributed by atoms with Gasteiger partial charge in [-0.3, -0.25) is 19.4 Å². The summed E-state index contributed by atoms with van der Waals surface area (Å²) < 4.78 is 85.7. The van der Waals surface area contributed by atoms with Gasteiger partial charge < -0.3 is 15.0 Å². The number of aromatic nitrogens is 3. The van der Waals surface area contributed by atoms with Gasteiger partial charge in [0.1, 0.15) is 5.69 Å². The number of anilines is 1. The van der Waals surface area contributed by atoms with Gasteiger partial charge in [0.25, 0.3) is 0 Å². The smallest absolute Gasteiger partial charge is 0.401 e. The molecule has 1 fully saturated rings. The third-order valence-electron chi connectivity index (χ3n) is 7.43. The number of fused-ring (bicyclic) bond motifs is 3. The fourth-order valence-corrected chi connectivity index (χ4v) is 5.78. The Bertz CT molecular complexity index is 1280. The third-order valence-corrected chi connectivity index (χ3v) is 7.43. The van der Waals surface area contributed by atoms with E-state index < -0.39 is 38.1 Å². The molecule has 13 heteroatoms. The standard InChI is InChI=1S/C26H30F6N6O/c1-15-9-19-18(3-4-21-20(19)12-34-36-21)24(38(15)14-26(30,31)32)23-22(39-25(28)29)10-17(11-33-23)35-16-5-8-37(13-16)7-2-6-27/h3-4,10-12,15-16,24-25,35H,2,5-9,13-14H2,1H3,(H,34,36)/t15-,16-,24+/m1/s1. The Morgan fingerprint density at radius 2 is 2.05 bits per heavy atom. The van der Waals surface area contributed by atoms with Crippen LogP contribution >= 0.6 is 0 Å². The maximum atomic E-state index is 13.7. The Morgan fingerprint density at radius 3 is 2.79 bits per heavy atom. The lowest BCUT2D eigenvalue weighted by molar-refractivity contribution is -0.155. The zero-order valence-electron chi connectivity index (χ0n) is 21.3. The minimum Gasteiger partial charge on any atom is -0.433 e. The van der Waals surface area contributed by atoms with Gasteiger partial charge in [0, 0.05) is 43.2 Å². The zero-order chi connectivity index (χ0) is 27.7. The lowest BCUT2D eigenvalue weighted by Crippen LogP contribution is -2.47. The van der Waals surface area contributed by atoms with E-state index in [0.29, 0.717) is 37.2 Å². The van der Waals surface area contributed by atoms with Crippen molar-refractivity contribution in [3.05, 3.63) is 47.4 Å². The van der Waals surface area contributed by atoms with Crippen LogP contribution in [0, 0.1) is 0 Å². The summed E-state index contributed by atoms with van der Waals surface area (Å²) in [6.45, 7) is -1.10. The molecule has 212 valence electrons. The molecule has 0 amide bonds. The topological polar surface area (TPSA) is 69.3 Å². The van der Waals surface area contributed by atoms with Gasteiger partial charge in [0.15, 0.2) is 5.75 Å². The van der Waals surface area contributed by atoms with Gasteiger partial charge in [0.2, 0.25) is 0 Å². The molecule has 39 heavy (non-hydrogen) atoms. The SMILES string of the molecule is C[C@@H]1Cc2c(ccc3[nH]ncc23)[C@@H](c2ncc(N[C@@H]3CCN(CCCF)C3)cc2OC(F)F)N1CC(F)(F)F. The van der Waals surface area contributed by atoms with E-state index in [1.54, 1.807) is 25.3 Å². The lowest BCUT2D eigenvalue weighted by Gasteiger charge is -2.42. The van der Waals surface area contributed by atoms with Crippen LogP contribution in [0.4, 0.5) is 32.0 Å². The molecule has 0 unspecified atom stereocenters. The van der Waals surface area contributed by atoms with E-state index in [0.717, 1.165) is 29.4 Å². The van der Waals surface area contributed by atoms with Gasteiger partial charge in [-0.15, -0.1) is 0 Å². The molecule has 0 radical (unpaired) electrons. The maximum absolute atomic E-state index is 13.7. The molecule has 0 bridgehead atoms. The minimum atomic E-state index is -4.52. The first kappa shape index (κ1) is 27.5. The van der Waals surface area contributed by atoms with Gasteiger partial charge in [-0.05, 0) is 43.4 Å². The van der Waals surface area contributed by atoms with Crippen molar-refractivity contribution in [2.45, 2.75) is 57.1 Å². The van der Waals surface area contributed by atoms with E-state index in [2.05, 4.69) is 25.4 Å². The number of H-pyrrole nitrogens is 1. The number of benzene rings is 1. The van der Waals surface area contributed by atoms with E-state index in [-0.39, 0.29) is 17.5 Å². The molecule has 4 heterocycles. The second-order valence-corrected chi connectivity index (χ2v) is 10.2. The Hall–Kier alpha value is -3.06. The summed E-state index contributed by atoms with van der Waals surface area (Å²) in [6, 6.07) is 3.13. The number of ether oxygens (including phenoxy) is 1.